The third kappa shape index (κ3) is 2.27. The fourth-order valence-corrected chi connectivity index (χ4v) is 4.82. The number of nitrogens with one attached hydrogen (secondary N) is 1. The zero-order chi connectivity index (χ0) is 14.3. The van der Waals surface area contributed by atoms with Crippen molar-refractivity contribution in [3.05, 3.63) is 50.8 Å². The van der Waals surface area contributed by atoms with E-state index in [2.05, 4.69) is 48.5 Å². The number of sulfone groups is 1. The molecule has 0 atom stereocenters. The van der Waals surface area contributed by atoms with Crippen LogP contribution in [0.1, 0.15) is 0 Å². The van der Waals surface area contributed by atoms with Gasteiger partial charge in [0.15, 0.2) is 0 Å². The molecule has 0 unspecified atom stereocenters. The second-order valence-corrected chi connectivity index (χ2v) is 8.01. The van der Waals surface area contributed by atoms with E-state index in [1.165, 1.54) is 6.20 Å². The Hall–Kier alpha value is -0.930. The Morgan fingerprint density at radius 1 is 1.20 bits per heavy atom. The van der Waals surface area contributed by atoms with Crippen LogP contribution in [0.4, 0.5) is 0 Å². The number of pyridine rings is 1. The van der Waals surface area contributed by atoms with E-state index in [-0.39, 0.29) is 9.79 Å². The number of halogens is 2. The Morgan fingerprint density at radius 2 is 1.90 bits per heavy atom. The Bertz CT molecular complexity index is 891. The zero-order valence-electron chi connectivity index (χ0n) is 9.97. The SMILES string of the molecule is O=S(=O)(c1ccccc1)c1cnc2[nH]c(I)cc2c1Br. The summed E-state index contributed by atoms with van der Waals surface area (Å²) in [6, 6.07) is 10.2. The van der Waals surface area contributed by atoms with Crippen molar-refractivity contribution in [3.8, 4) is 0 Å². The predicted molar refractivity (Wildman–Crippen MR) is 88.4 cm³/mol. The number of hydrogen-bond acceptors (Lipinski definition) is 3. The molecular formula is C13H8BrIN2O2S. The highest BCUT2D eigenvalue weighted by molar-refractivity contribution is 14.1. The third-order valence-corrected chi connectivity index (χ3v) is 6.35. The maximum absolute atomic E-state index is 12.6. The average Bonchev–Trinajstić information content (AvgIpc) is 2.81. The van der Waals surface area contributed by atoms with Crippen molar-refractivity contribution >= 4 is 59.4 Å². The van der Waals surface area contributed by atoms with Crippen LogP contribution in [0.3, 0.4) is 0 Å². The second kappa shape index (κ2) is 5.12. The molecule has 2 aromatic heterocycles. The number of rotatable bonds is 2. The summed E-state index contributed by atoms with van der Waals surface area (Å²) < 4.78 is 26.7. The number of aromatic amines is 1. The first-order chi connectivity index (χ1) is 9.50. The molecule has 0 spiro atoms. The van der Waals surface area contributed by atoms with E-state index in [1.54, 1.807) is 30.3 Å². The summed E-state index contributed by atoms with van der Waals surface area (Å²) in [5.74, 6) is 0. The Morgan fingerprint density at radius 3 is 2.60 bits per heavy atom. The minimum absolute atomic E-state index is 0.173. The molecule has 20 heavy (non-hydrogen) atoms. The predicted octanol–water partition coefficient (Wildman–Crippen LogP) is 3.76. The second-order valence-electron chi connectivity index (χ2n) is 4.13. The van der Waals surface area contributed by atoms with Crippen LogP contribution >= 0.6 is 38.5 Å². The Kier molecular flexibility index (Phi) is 3.59. The summed E-state index contributed by atoms with van der Waals surface area (Å²) in [6.07, 6.45) is 1.38. The number of fused-ring (bicyclic) bond motifs is 1. The van der Waals surface area contributed by atoms with Crippen molar-refractivity contribution in [2.75, 3.05) is 0 Å². The smallest absolute Gasteiger partial charge is 0.209 e. The summed E-state index contributed by atoms with van der Waals surface area (Å²) in [5.41, 5.74) is 0.660. The molecule has 1 aromatic carbocycles. The van der Waals surface area contributed by atoms with E-state index in [9.17, 15) is 8.42 Å². The molecule has 0 aliphatic carbocycles. The number of benzene rings is 1. The summed E-state index contributed by atoms with van der Waals surface area (Å²) in [7, 11) is -3.58. The molecule has 0 radical (unpaired) electrons. The molecule has 0 fully saturated rings. The molecule has 0 saturated carbocycles. The summed E-state index contributed by atoms with van der Waals surface area (Å²) >= 11 is 5.51. The Balaban J connectivity index is 2.27. The highest BCUT2D eigenvalue weighted by atomic mass is 127. The average molecular weight is 463 g/mol. The van der Waals surface area contributed by atoms with Gasteiger partial charge < -0.3 is 4.98 Å². The van der Waals surface area contributed by atoms with Crippen LogP contribution in [-0.4, -0.2) is 18.4 Å². The molecule has 0 amide bonds. The summed E-state index contributed by atoms with van der Waals surface area (Å²) in [6.45, 7) is 0. The van der Waals surface area contributed by atoms with Crippen LogP contribution in [0, 0.1) is 3.70 Å². The summed E-state index contributed by atoms with van der Waals surface area (Å²) in [5, 5.41) is 0.756. The van der Waals surface area contributed by atoms with Gasteiger partial charge in [-0.2, -0.15) is 0 Å². The van der Waals surface area contributed by atoms with Crippen molar-refractivity contribution in [1.29, 1.82) is 0 Å². The lowest BCUT2D eigenvalue weighted by Crippen LogP contribution is -2.03. The number of aromatic nitrogens is 2. The topological polar surface area (TPSA) is 62.8 Å². The molecule has 7 heteroatoms. The first-order valence-electron chi connectivity index (χ1n) is 5.63. The van der Waals surface area contributed by atoms with Crippen molar-refractivity contribution in [1.82, 2.24) is 9.97 Å². The molecule has 3 rings (SSSR count). The lowest BCUT2D eigenvalue weighted by molar-refractivity contribution is 0.595. The van der Waals surface area contributed by atoms with Crippen LogP contribution < -0.4 is 0 Å². The van der Waals surface area contributed by atoms with Crippen molar-refractivity contribution in [2.45, 2.75) is 9.79 Å². The monoisotopic (exact) mass is 462 g/mol. The first kappa shape index (κ1) is 14.0. The number of nitrogens with zero attached hydrogens (tertiary/aromatic N) is 1. The van der Waals surface area contributed by atoms with E-state index < -0.39 is 9.84 Å². The van der Waals surface area contributed by atoms with E-state index in [0.29, 0.717) is 10.1 Å². The number of H-pyrrole nitrogens is 1. The van der Waals surface area contributed by atoms with Crippen LogP contribution in [0.5, 0.6) is 0 Å². The maximum Gasteiger partial charge on any atom is 0.209 e. The van der Waals surface area contributed by atoms with Crippen LogP contribution in [0.2, 0.25) is 0 Å². The minimum Gasteiger partial charge on any atom is -0.335 e. The minimum atomic E-state index is -3.58. The standard InChI is InChI=1S/C13H8BrIN2O2S/c14-12-9-6-11(15)17-13(9)16-7-10(12)20(18,19)8-4-2-1-3-5-8/h1-7H,(H,16,17). The lowest BCUT2D eigenvalue weighted by Gasteiger charge is -2.06. The molecule has 0 bridgehead atoms. The van der Waals surface area contributed by atoms with Gasteiger partial charge in [-0.25, -0.2) is 13.4 Å². The molecule has 0 aliphatic rings. The molecule has 2 heterocycles. The zero-order valence-corrected chi connectivity index (χ0v) is 14.5. The molecule has 102 valence electrons. The number of hydrogen-bond donors (Lipinski definition) is 1. The quantitative estimate of drug-likeness (QED) is 0.590. The van der Waals surface area contributed by atoms with Crippen LogP contribution in [0.25, 0.3) is 11.0 Å². The highest BCUT2D eigenvalue weighted by Gasteiger charge is 2.22. The lowest BCUT2D eigenvalue weighted by atomic mass is 10.3. The summed E-state index contributed by atoms with van der Waals surface area (Å²) in [4.78, 5) is 7.68. The van der Waals surface area contributed by atoms with E-state index in [0.717, 1.165) is 9.09 Å². The van der Waals surface area contributed by atoms with E-state index in [4.69, 9.17) is 0 Å². The van der Waals surface area contributed by atoms with Gasteiger partial charge in [0.05, 0.1) is 8.60 Å². The van der Waals surface area contributed by atoms with Gasteiger partial charge in [0.25, 0.3) is 0 Å². The van der Waals surface area contributed by atoms with Crippen molar-refractivity contribution < 1.29 is 8.42 Å². The maximum atomic E-state index is 12.6. The molecule has 3 aromatic rings. The van der Waals surface area contributed by atoms with Gasteiger partial charge in [-0.3, -0.25) is 0 Å². The molecule has 0 aliphatic heterocycles. The Labute approximate surface area is 137 Å². The fraction of sp³-hybridized carbons (Fsp3) is 0. The van der Waals surface area contributed by atoms with E-state index >= 15 is 0 Å². The van der Waals surface area contributed by atoms with E-state index in [1.807, 2.05) is 6.07 Å². The normalized spacial score (nSPS) is 11.9. The molecule has 4 nitrogen and oxygen atoms in total. The third-order valence-electron chi connectivity index (χ3n) is 2.87. The van der Waals surface area contributed by atoms with Gasteiger partial charge in [0.2, 0.25) is 9.84 Å². The van der Waals surface area contributed by atoms with Gasteiger partial charge >= 0.3 is 0 Å². The van der Waals surface area contributed by atoms with Crippen molar-refractivity contribution in [3.63, 3.8) is 0 Å². The molecular weight excluding hydrogens is 455 g/mol. The molecule has 1 N–H and O–H groups in total. The van der Waals surface area contributed by atoms with Crippen molar-refractivity contribution in [2.24, 2.45) is 0 Å². The van der Waals surface area contributed by atoms with Crippen LogP contribution in [-0.2, 0) is 9.84 Å². The fourth-order valence-electron chi connectivity index (χ4n) is 1.91. The van der Waals surface area contributed by atoms with Gasteiger partial charge in [-0.1, -0.05) is 18.2 Å². The van der Waals surface area contributed by atoms with Gasteiger partial charge in [-0.15, -0.1) is 0 Å². The van der Waals surface area contributed by atoms with Gasteiger partial charge in [0.1, 0.15) is 10.5 Å². The highest BCUT2D eigenvalue weighted by Crippen LogP contribution is 2.33. The van der Waals surface area contributed by atoms with Gasteiger partial charge in [-0.05, 0) is 56.7 Å². The first-order valence-corrected chi connectivity index (χ1v) is 8.98. The largest absolute Gasteiger partial charge is 0.335 e. The molecule has 0 saturated heterocycles. The van der Waals surface area contributed by atoms with Gasteiger partial charge in [0, 0.05) is 16.1 Å². The van der Waals surface area contributed by atoms with Crippen LogP contribution in [0.15, 0.2) is 56.9 Å².